The van der Waals surface area contributed by atoms with Crippen molar-refractivity contribution >= 4 is 11.6 Å². The van der Waals surface area contributed by atoms with E-state index in [1.807, 2.05) is 17.8 Å². The lowest BCUT2D eigenvalue weighted by atomic mass is 10.1. The number of aromatic nitrogens is 2. The summed E-state index contributed by atoms with van der Waals surface area (Å²) in [5.41, 5.74) is 1.68. The molecule has 2 aromatic rings. The van der Waals surface area contributed by atoms with Crippen LogP contribution in [0.3, 0.4) is 0 Å². The van der Waals surface area contributed by atoms with Crippen LogP contribution in [0.25, 0.3) is 0 Å². The Morgan fingerprint density at radius 2 is 2.05 bits per heavy atom. The molecule has 0 aliphatic carbocycles. The minimum Gasteiger partial charge on any atom is -0.394 e. The van der Waals surface area contributed by atoms with Gasteiger partial charge in [-0.05, 0) is 38.5 Å². The van der Waals surface area contributed by atoms with Crippen LogP contribution < -0.4 is 5.32 Å². The summed E-state index contributed by atoms with van der Waals surface area (Å²) >= 11 is 5.69. The van der Waals surface area contributed by atoms with Crippen LogP contribution >= 0.6 is 11.6 Å². The lowest BCUT2D eigenvalue weighted by Gasteiger charge is -2.21. The highest BCUT2D eigenvalue weighted by Crippen LogP contribution is 2.23. The molecule has 0 spiro atoms. The third-order valence-corrected chi connectivity index (χ3v) is 3.94. The largest absolute Gasteiger partial charge is 0.394 e. The van der Waals surface area contributed by atoms with E-state index >= 15 is 0 Å². The Morgan fingerprint density at radius 1 is 1.32 bits per heavy atom. The lowest BCUT2D eigenvalue weighted by molar-refractivity contribution is 0.235. The predicted octanol–water partition coefficient (Wildman–Crippen LogP) is 3.64. The summed E-state index contributed by atoms with van der Waals surface area (Å²) in [6.45, 7) is 5.96. The van der Waals surface area contributed by atoms with Crippen molar-refractivity contribution in [3.05, 3.63) is 52.6 Å². The van der Waals surface area contributed by atoms with Gasteiger partial charge in [-0.3, -0.25) is 4.68 Å². The van der Waals surface area contributed by atoms with E-state index in [1.165, 1.54) is 12.1 Å². The zero-order valence-electron chi connectivity index (χ0n) is 12.9. The molecule has 1 aromatic carbocycles. The van der Waals surface area contributed by atoms with E-state index in [-0.39, 0.29) is 23.7 Å². The van der Waals surface area contributed by atoms with Crippen molar-refractivity contribution in [2.45, 2.75) is 38.9 Å². The molecule has 0 saturated heterocycles. The Morgan fingerprint density at radius 3 is 2.59 bits per heavy atom. The summed E-state index contributed by atoms with van der Waals surface area (Å²) in [6.07, 6.45) is 3.77. The highest BCUT2D eigenvalue weighted by Gasteiger charge is 2.17. The molecule has 2 N–H and O–H groups in total. The number of aliphatic hydroxyl groups is 1. The van der Waals surface area contributed by atoms with Crippen LogP contribution in [0.2, 0.25) is 5.02 Å². The summed E-state index contributed by atoms with van der Waals surface area (Å²) in [7, 11) is 0. The van der Waals surface area contributed by atoms with Crippen LogP contribution in [-0.2, 0) is 0 Å². The van der Waals surface area contributed by atoms with Crippen molar-refractivity contribution in [2.75, 3.05) is 6.61 Å². The van der Waals surface area contributed by atoms with Gasteiger partial charge in [-0.2, -0.15) is 5.10 Å². The van der Waals surface area contributed by atoms with Gasteiger partial charge in [-0.25, -0.2) is 4.39 Å². The number of rotatable bonds is 6. The highest BCUT2D eigenvalue weighted by atomic mass is 35.5. The van der Waals surface area contributed by atoms with E-state index in [0.717, 1.165) is 5.56 Å². The fraction of sp³-hybridized carbons (Fsp3) is 0.438. The standard InChI is InChI=1S/C16H21ClFN3O/c1-10(2)21-8-13(7-19-21)11(3)20-16(9-22)12-4-5-14(17)15(18)6-12/h4-8,10-11,16,20,22H,9H2,1-3H3/t11-,16-/m1/s1. The summed E-state index contributed by atoms with van der Waals surface area (Å²) in [4.78, 5) is 0. The van der Waals surface area contributed by atoms with E-state index in [4.69, 9.17) is 11.6 Å². The van der Waals surface area contributed by atoms with Gasteiger partial charge in [0.2, 0.25) is 0 Å². The second-order valence-corrected chi connectivity index (χ2v) is 6.05. The zero-order chi connectivity index (χ0) is 16.3. The van der Waals surface area contributed by atoms with E-state index in [1.54, 1.807) is 12.3 Å². The molecule has 4 nitrogen and oxygen atoms in total. The zero-order valence-corrected chi connectivity index (χ0v) is 13.7. The van der Waals surface area contributed by atoms with Crippen LogP contribution in [-0.4, -0.2) is 21.5 Å². The molecule has 0 amide bonds. The molecule has 0 unspecified atom stereocenters. The molecule has 1 aromatic heterocycles. The number of aliphatic hydroxyl groups excluding tert-OH is 1. The van der Waals surface area contributed by atoms with Gasteiger partial charge in [0.05, 0.1) is 23.9 Å². The Balaban J connectivity index is 2.12. The van der Waals surface area contributed by atoms with Crippen molar-refractivity contribution in [2.24, 2.45) is 0 Å². The maximum Gasteiger partial charge on any atom is 0.142 e. The van der Waals surface area contributed by atoms with Gasteiger partial charge >= 0.3 is 0 Å². The van der Waals surface area contributed by atoms with E-state index in [0.29, 0.717) is 11.6 Å². The second kappa shape index (κ2) is 7.22. The monoisotopic (exact) mass is 325 g/mol. The molecular weight excluding hydrogens is 305 g/mol. The molecule has 0 aliphatic heterocycles. The SMILES string of the molecule is CC(C)n1cc([C@@H](C)N[C@H](CO)c2ccc(Cl)c(F)c2)cn1. The average Bonchev–Trinajstić information content (AvgIpc) is 2.97. The molecule has 2 atom stereocenters. The topological polar surface area (TPSA) is 50.1 Å². The Kier molecular flexibility index (Phi) is 5.56. The summed E-state index contributed by atoms with van der Waals surface area (Å²) in [5.74, 6) is -0.486. The Bertz CT molecular complexity index is 630. The molecule has 0 fully saturated rings. The van der Waals surface area contributed by atoms with Gasteiger partial charge in [0, 0.05) is 23.8 Å². The number of nitrogens with zero attached hydrogens (tertiary/aromatic N) is 2. The fourth-order valence-electron chi connectivity index (χ4n) is 2.24. The van der Waals surface area contributed by atoms with Gasteiger partial charge in [-0.1, -0.05) is 17.7 Å². The number of hydrogen-bond acceptors (Lipinski definition) is 3. The van der Waals surface area contributed by atoms with Gasteiger partial charge in [0.25, 0.3) is 0 Å². The smallest absolute Gasteiger partial charge is 0.142 e. The van der Waals surface area contributed by atoms with E-state index < -0.39 is 5.82 Å². The highest BCUT2D eigenvalue weighted by molar-refractivity contribution is 6.30. The molecule has 0 bridgehead atoms. The molecule has 6 heteroatoms. The maximum absolute atomic E-state index is 13.6. The number of nitrogens with one attached hydrogen (secondary N) is 1. The molecule has 120 valence electrons. The number of hydrogen-bond donors (Lipinski definition) is 2. The summed E-state index contributed by atoms with van der Waals surface area (Å²) in [5, 5.41) is 17.3. The predicted molar refractivity (Wildman–Crippen MR) is 85.4 cm³/mol. The molecule has 2 rings (SSSR count). The molecule has 0 saturated carbocycles. The molecule has 0 aliphatic rings. The van der Waals surface area contributed by atoms with Crippen LogP contribution in [0.15, 0.2) is 30.6 Å². The number of benzene rings is 1. The second-order valence-electron chi connectivity index (χ2n) is 5.64. The Hall–Kier alpha value is -1.43. The molecular formula is C16H21ClFN3O. The van der Waals surface area contributed by atoms with Gasteiger partial charge < -0.3 is 10.4 Å². The fourth-order valence-corrected chi connectivity index (χ4v) is 2.36. The van der Waals surface area contributed by atoms with E-state index in [9.17, 15) is 9.50 Å². The molecule has 22 heavy (non-hydrogen) atoms. The normalized spacial score (nSPS) is 14.3. The average molecular weight is 326 g/mol. The van der Waals surface area contributed by atoms with Crippen LogP contribution in [0.1, 0.15) is 50.0 Å². The molecule has 1 heterocycles. The van der Waals surface area contributed by atoms with Gasteiger partial charge in [-0.15, -0.1) is 0 Å². The quantitative estimate of drug-likeness (QED) is 0.852. The third kappa shape index (κ3) is 3.85. The van der Waals surface area contributed by atoms with Crippen molar-refractivity contribution < 1.29 is 9.50 Å². The lowest BCUT2D eigenvalue weighted by Crippen LogP contribution is -2.27. The first-order chi connectivity index (χ1) is 10.4. The maximum atomic E-state index is 13.6. The minimum absolute atomic E-state index is 0.0246. The molecule has 0 radical (unpaired) electrons. The van der Waals surface area contributed by atoms with Crippen LogP contribution in [0, 0.1) is 5.82 Å². The summed E-state index contributed by atoms with van der Waals surface area (Å²) in [6, 6.07) is 4.45. The minimum atomic E-state index is -0.486. The van der Waals surface area contributed by atoms with Gasteiger partial charge in [0.15, 0.2) is 0 Å². The first-order valence-corrected chi connectivity index (χ1v) is 7.66. The van der Waals surface area contributed by atoms with Crippen LogP contribution in [0.5, 0.6) is 0 Å². The number of halogens is 2. The van der Waals surface area contributed by atoms with Gasteiger partial charge in [0.1, 0.15) is 5.82 Å². The van der Waals surface area contributed by atoms with Crippen molar-refractivity contribution in [1.29, 1.82) is 0 Å². The van der Waals surface area contributed by atoms with Crippen molar-refractivity contribution in [3.63, 3.8) is 0 Å². The van der Waals surface area contributed by atoms with Crippen molar-refractivity contribution in [3.8, 4) is 0 Å². The first kappa shape index (κ1) is 16.9. The summed E-state index contributed by atoms with van der Waals surface area (Å²) < 4.78 is 15.5. The van der Waals surface area contributed by atoms with Crippen molar-refractivity contribution in [1.82, 2.24) is 15.1 Å². The first-order valence-electron chi connectivity index (χ1n) is 7.28. The van der Waals surface area contributed by atoms with Crippen LogP contribution in [0.4, 0.5) is 4.39 Å². The van der Waals surface area contributed by atoms with E-state index in [2.05, 4.69) is 24.3 Å². The third-order valence-electron chi connectivity index (χ3n) is 3.63. The Labute approximate surface area is 134 Å².